The average molecular weight is 190 g/mol. The van der Waals surface area contributed by atoms with Gasteiger partial charge < -0.3 is 5.32 Å². The van der Waals surface area contributed by atoms with Gasteiger partial charge in [-0.05, 0) is 43.4 Å². The number of rotatable bonds is 3. The van der Waals surface area contributed by atoms with Gasteiger partial charge in [0.15, 0.2) is 0 Å². The highest BCUT2D eigenvalue weighted by Crippen LogP contribution is 2.12. The van der Waals surface area contributed by atoms with E-state index in [-0.39, 0.29) is 0 Å². The molecule has 0 bridgehead atoms. The molecule has 2 rings (SSSR count). The zero-order valence-corrected chi connectivity index (χ0v) is 8.79. The standard InChI is InChI=1S/C12H18N2/c1-2-10-6-11(9-13-8-10)7-12-4-3-5-14-12/h6,8-9,12,14H,2-5,7H2,1H3. The summed E-state index contributed by atoms with van der Waals surface area (Å²) in [4.78, 5) is 4.27. The Labute approximate surface area is 85.7 Å². The lowest BCUT2D eigenvalue weighted by Crippen LogP contribution is -2.23. The van der Waals surface area contributed by atoms with Crippen LogP contribution in [0.2, 0.25) is 0 Å². The number of hydrogen-bond donors (Lipinski definition) is 1. The molecule has 14 heavy (non-hydrogen) atoms. The molecule has 1 unspecified atom stereocenters. The summed E-state index contributed by atoms with van der Waals surface area (Å²) in [5, 5.41) is 3.51. The van der Waals surface area contributed by atoms with Crippen molar-refractivity contribution in [2.45, 2.75) is 38.6 Å². The van der Waals surface area contributed by atoms with Crippen molar-refractivity contribution in [3.63, 3.8) is 0 Å². The summed E-state index contributed by atoms with van der Waals surface area (Å²) >= 11 is 0. The molecule has 0 aliphatic carbocycles. The van der Waals surface area contributed by atoms with Crippen LogP contribution in [0, 0.1) is 0 Å². The molecule has 1 aliphatic rings. The summed E-state index contributed by atoms with van der Waals surface area (Å²) < 4.78 is 0. The number of aromatic nitrogens is 1. The van der Waals surface area contributed by atoms with E-state index in [9.17, 15) is 0 Å². The summed E-state index contributed by atoms with van der Waals surface area (Å²) in [5.41, 5.74) is 2.73. The number of hydrogen-bond acceptors (Lipinski definition) is 2. The first-order chi connectivity index (χ1) is 6.88. The zero-order valence-electron chi connectivity index (χ0n) is 8.79. The third-order valence-corrected chi connectivity index (χ3v) is 2.90. The van der Waals surface area contributed by atoms with Crippen molar-refractivity contribution in [1.29, 1.82) is 0 Å². The maximum Gasteiger partial charge on any atom is 0.0300 e. The molecule has 1 atom stereocenters. The van der Waals surface area contributed by atoms with E-state index in [1.54, 1.807) is 0 Å². The van der Waals surface area contributed by atoms with E-state index >= 15 is 0 Å². The van der Waals surface area contributed by atoms with Gasteiger partial charge in [-0.25, -0.2) is 0 Å². The monoisotopic (exact) mass is 190 g/mol. The first-order valence-corrected chi connectivity index (χ1v) is 5.54. The molecule has 0 saturated carbocycles. The Morgan fingerprint density at radius 1 is 1.43 bits per heavy atom. The van der Waals surface area contributed by atoms with Gasteiger partial charge >= 0.3 is 0 Å². The van der Waals surface area contributed by atoms with E-state index in [1.165, 1.54) is 30.5 Å². The second-order valence-electron chi connectivity index (χ2n) is 4.05. The average Bonchev–Trinajstić information content (AvgIpc) is 2.71. The van der Waals surface area contributed by atoms with Crippen molar-refractivity contribution in [3.05, 3.63) is 29.6 Å². The van der Waals surface area contributed by atoms with Crippen LogP contribution in [0.25, 0.3) is 0 Å². The molecule has 0 amide bonds. The van der Waals surface area contributed by atoms with Crippen LogP contribution < -0.4 is 5.32 Å². The van der Waals surface area contributed by atoms with Crippen LogP contribution in [0.1, 0.15) is 30.9 Å². The molecule has 1 fully saturated rings. The molecule has 0 aromatic carbocycles. The lowest BCUT2D eigenvalue weighted by atomic mass is 10.0. The minimum atomic E-state index is 0.684. The molecular weight excluding hydrogens is 172 g/mol. The smallest absolute Gasteiger partial charge is 0.0300 e. The van der Waals surface area contributed by atoms with E-state index in [4.69, 9.17) is 0 Å². The Morgan fingerprint density at radius 2 is 2.29 bits per heavy atom. The zero-order chi connectivity index (χ0) is 9.80. The van der Waals surface area contributed by atoms with E-state index < -0.39 is 0 Å². The van der Waals surface area contributed by atoms with Crippen molar-refractivity contribution < 1.29 is 0 Å². The summed E-state index contributed by atoms with van der Waals surface area (Å²) in [6, 6.07) is 2.97. The predicted molar refractivity (Wildman–Crippen MR) is 58.3 cm³/mol. The number of aryl methyl sites for hydroxylation is 1. The van der Waals surface area contributed by atoms with Gasteiger partial charge in [-0.15, -0.1) is 0 Å². The summed E-state index contributed by atoms with van der Waals surface area (Å²) in [7, 11) is 0. The third-order valence-electron chi connectivity index (χ3n) is 2.90. The van der Waals surface area contributed by atoms with Gasteiger partial charge in [-0.1, -0.05) is 13.0 Å². The minimum Gasteiger partial charge on any atom is -0.314 e. The SMILES string of the molecule is CCc1cncc(CC2CCCN2)c1. The topological polar surface area (TPSA) is 24.9 Å². The van der Waals surface area contributed by atoms with E-state index in [2.05, 4.69) is 23.3 Å². The Kier molecular flexibility index (Phi) is 3.14. The second-order valence-corrected chi connectivity index (χ2v) is 4.05. The van der Waals surface area contributed by atoms with Gasteiger partial charge in [0.1, 0.15) is 0 Å². The first kappa shape index (κ1) is 9.66. The number of nitrogens with one attached hydrogen (secondary N) is 1. The molecule has 0 spiro atoms. The van der Waals surface area contributed by atoms with Crippen LogP contribution in [0.15, 0.2) is 18.5 Å². The maximum atomic E-state index is 4.27. The largest absolute Gasteiger partial charge is 0.314 e. The van der Waals surface area contributed by atoms with Gasteiger partial charge in [0.25, 0.3) is 0 Å². The molecule has 1 aromatic heterocycles. The third kappa shape index (κ3) is 2.32. The molecule has 1 aromatic rings. The maximum absolute atomic E-state index is 4.27. The molecule has 2 heterocycles. The van der Waals surface area contributed by atoms with Crippen molar-refractivity contribution >= 4 is 0 Å². The molecule has 1 saturated heterocycles. The van der Waals surface area contributed by atoms with Gasteiger partial charge in [0.2, 0.25) is 0 Å². The fourth-order valence-electron chi connectivity index (χ4n) is 2.06. The van der Waals surface area contributed by atoms with Crippen LogP contribution in [0.5, 0.6) is 0 Å². The Balaban J connectivity index is 2.00. The van der Waals surface area contributed by atoms with Gasteiger partial charge in [0, 0.05) is 18.4 Å². The van der Waals surface area contributed by atoms with E-state index in [1.807, 2.05) is 12.4 Å². The molecule has 1 N–H and O–H groups in total. The summed E-state index contributed by atoms with van der Waals surface area (Å²) in [6.45, 7) is 3.36. The molecule has 76 valence electrons. The first-order valence-electron chi connectivity index (χ1n) is 5.54. The quantitative estimate of drug-likeness (QED) is 0.788. The van der Waals surface area contributed by atoms with E-state index in [0.717, 1.165) is 12.8 Å². The minimum absolute atomic E-state index is 0.684. The summed E-state index contributed by atoms with van der Waals surface area (Å²) in [6.07, 6.45) is 8.83. The highest BCUT2D eigenvalue weighted by Gasteiger charge is 2.14. The highest BCUT2D eigenvalue weighted by molar-refractivity contribution is 5.19. The van der Waals surface area contributed by atoms with Crippen molar-refractivity contribution in [3.8, 4) is 0 Å². The lowest BCUT2D eigenvalue weighted by Gasteiger charge is -2.10. The normalized spacial score (nSPS) is 21.4. The van der Waals surface area contributed by atoms with Crippen LogP contribution in [-0.2, 0) is 12.8 Å². The molecular formula is C12H18N2. The van der Waals surface area contributed by atoms with Gasteiger partial charge in [0.05, 0.1) is 0 Å². The summed E-state index contributed by atoms with van der Waals surface area (Å²) in [5.74, 6) is 0. The Bertz CT molecular complexity index is 290. The van der Waals surface area contributed by atoms with Crippen molar-refractivity contribution in [2.24, 2.45) is 0 Å². The van der Waals surface area contributed by atoms with Crippen molar-refractivity contribution in [2.75, 3.05) is 6.54 Å². The van der Waals surface area contributed by atoms with Crippen LogP contribution >= 0.6 is 0 Å². The lowest BCUT2D eigenvalue weighted by molar-refractivity contribution is 0.601. The van der Waals surface area contributed by atoms with Crippen LogP contribution in [-0.4, -0.2) is 17.6 Å². The Hall–Kier alpha value is -0.890. The molecule has 2 heteroatoms. The van der Waals surface area contributed by atoms with Crippen molar-refractivity contribution in [1.82, 2.24) is 10.3 Å². The van der Waals surface area contributed by atoms with Gasteiger partial charge in [-0.2, -0.15) is 0 Å². The fourth-order valence-corrected chi connectivity index (χ4v) is 2.06. The highest BCUT2D eigenvalue weighted by atomic mass is 14.9. The second kappa shape index (κ2) is 4.56. The molecule has 1 aliphatic heterocycles. The van der Waals surface area contributed by atoms with Crippen LogP contribution in [0.3, 0.4) is 0 Å². The number of nitrogens with zero attached hydrogens (tertiary/aromatic N) is 1. The number of pyridine rings is 1. The molecule has 0 radical (unpaired) electrons. The predicted octanol–water partition coefficient (Wildman–Crippen LogP) is 1.94. The Morgan fingerprint density at radius 3 is 3.00 bits per heavy atom. The van der Waals surface area contributed by atoms with E-state index in [0.29, 0.717) is 6.04 Å². The van der Waals surface area contributed by atoms with Crippen LogP contribution in [0.4, 0.5) is 0 Å². The molecule has 2 nitrogen and oxygen atoms in total. The van der Waals surface area contributed by atoms with Gasteiger partial charge in [-0.3, -0.25) is 4.98 Å². The fraction of sp³-hybridized carbons (Fsp3) is 0.583.